The second kappa shape index (κ2) is 24.6. The van der Waals surface area contributed by atoms with Crippen LogP contribution in [0.1, 0.15) is 162 Å². The topological polar surface area (TPSA) is 34.1 Å². The number of unbranched alkanes of at least 4 members (excludes halogenated alkanes) is 19. The molecule has 0 aromatic rings. The van der Waals surface area contributed by atoms with E-state index >= 15 is 0 Å². The Morgan fingerprint density at radius 3 is 1.23 bits per heavy atom. The molecule has 0 aliphatic heterocycles. The van der Waals surface area contributed by atoms with Crippen molar-refractivity contribution < 1.29 is 9.59 Å². The van der Waals surface area contributed by atoms with Gasteiger partial charge in [-0.05, 0) is 12.8 Å². The SMILES string of the molecule is CCCCCCCCCCCCCC(=O)C([C]=O)CCCCCCCCCCCC. The van der Waals surface area contributed by atoms with E-state index in [0.717, 1.165) is 32.1 Å². The van der Waals surface area contributed by atoms with Crippen molar-refractivity contribution in [2.24, 2.45) is 5.92 Å². The number of carbonyl (C=O) groups is 1. The zero-order valence-corrected chi connectivity index (χ0v) is 20.7. The number of rotatable bonds is 25. The van der Waals surface area contributed by atoms with Crippen molar-refractivity contribution in [3.8, 4) is 0 Å². The molecule has 0 saturated carbocycles. The lowest BCUT2D eigenvalue weighted by Gasteiger charge is -2.09. The van der Waals surface area contributed by atoms with E-state index in [1.807, 2.05) is 6.29 Å². The van der Waals surface area contributed by atoms with Gasteiger partial charge < -0.3 is 0 Å². The molecule has 0 aromatic carbocycles. The minimum atomic E-state index is -0.456. The molecule has 0 aliphatic rings. The summed E-state index contributed by atoms with van der Waals surface area (Å²) in [7, 11) is 0. The largest absolute Gasteiger partial charge is 0.299 e. The summed E-state index contributed by atoms with van der Waals surface area (Å²) in [5.41, 5.74) is 0. The summed E-state index contributed by atoms with van der Waals surface area (Å²) in [5, 5.41) is 0. The molecule has 0 rings (SSSR count). The lowest BCUT2D eigenvalue weighted by molar-refractivity contribution is -0.121. The van der Waals surface area contributed by atoms with Crippen LogP contribution in [-0.2, 0) is 9.59 Å². The normalized spacial score (nSPS) is 12.2. The average Bonchev–Trinajstić information content (AvgIpc) is 2.75. The van der Waals surface area contributed by atoms with E-state index in [4.69, 9.17) is 0 Å². The lowest BCUT2D eigenvalue weighted by Crippen LogP contribution is -2.15. The lowest BCUT2D eigenvalue weighted by atomic mass is 9.94. The van der Waals surface area contributed by atoms with E-state index in [0.29, 0.717) is 6.42 Å². The second-order valence-electron chi connectivity index (χ2n) is 9.39. The molecule has 177 valence electrons. The monoisotopic (exact) mass is 421 g/mol. The Kier molecular flexibility index (Phi) is 24.1. The maximum absolute atomic E-state index is 12.3. The van der Waals surface area contributed by atoms with Gasteiger partial charge in [-0.3, -0.25) is 9.59 Å². The zero-order valence-electron chi connectivity index (χ0n) is 20.7. The first-order chi connectivity index (χ1) is 14.8. The van der Waals surface area contributed by atoms with Gasteiger partial charge >= 0.3 is 0 Å². The number of carbonyl (C=O) groups excluding carboxylic acids is 2. The van der Waals surface area contributed by atoms with Crippen molar-refractivity contribution in [1.29, 1.82) is 0 Å². The van der Waals surface area contributed by atoms with Gasteiger partial charge in [0.15, 0.2) is 0 Å². The van der Waals surface area contributed by atoms with E-state index in [2.05, 4.69) is 13.8 Å². The van der Waals surface area contributed by atoms with Crippen molar-refractivity contribution in [1.82, 2.24) is 0 Å². The summed E-state index contributed by atoms with van der Waals surface area (Å²) in [5.74, 6) is -0.320. The molecule has 0 bridgehead atoms. The van der Waals surface area contributed by atoms with Crippen molar-refractivity contribution in [3.05, 3.63) is 0 Å². The van der Waals surface area contributed by atoms with Gasteiger partial charge in [-0.2, -0.15) is 0 Å². The maximum atomic E-state index is 12.3. The molecule has 0 amide bonds. The fourth-order valence-electron chi connectivity index (χ4n) is 4.26. The first-order valence-electron chi connectivity index (χ1n) is 13.7. The van der Waals surface area contributed by atoms with Crippen LogP contribution in [-0.4, -0.2) is 12.1 Å². The highest BCUT2D eigenvalue weighted by Gasteiger charge is 2.17. The van der Waals surface area contributed by atoms with Gasteiger partial charge in [0.05, 0.1) is 5.92 Å². The summed E-state index contributed by atoms with van der Waals surface area (Å²) >= 11 is 0. The summed E-state index contributed by atoms with van der Waals surface area (Å²) in [4.78, 5) is 23.5. The van der Waals surface area contributed by atoms with Gasteiger partial charge in [0.1, 0.15) is 5.78 Å². The zero-order chi connectivity index (χ0) is 22.1. The van der Waals surface area contributed by atoms with Crippen LogP contribution >= 0.6 is 0 Å². The molecule has 2 nitrogen and oxygen atoms in total. The Morgan fingerprint density at radius 2 is 0.867 bits per heavy atom. The Labute approximate surface area is 189 Å². The van der Waals surface area contributed by atoms with E-state index < -0.39 is 5.92 Å². The van der Waals surface area contributed by atoms with Crippen LogP contribution in [0.2, 0.25) is 0 Å². The molecule has 30 heavy (non-hydrogen) atoms. The van der Waals surface area contributed by atoms with Crippen LogP contribution in [0, 0.1) is 5.92 Å². The number of hydrogen-bond acceptors (Lipinski definition) is 2. The first kappa shape index (κ1) is 29.3. The molecule has 2 heteroatoms. The molecule has 0 fully saturated rings. The minimum Gasteiger partial charge on any atom is -0.299 e. The van der Waals surface area contributed by atoms with Crippen LogP contribution in [0.25, 0.3) is 0 Å². The van der Waals surface area contributed by atoms with Crippen molar-refractivity contribution in [2.45, 2.75) is 162 Å². The number of hydrogen-bond donors (Lipinski definition) is 0. The van der Waals surface area contributed by atoms with E-state index in [1.54, 1.807) is 0 Å². The minimum absolute atomic E-state index is 0.136. The van der Waals surface area contributed by atoms with E-state index in [9.17, 15) is 9.59 Å². The smallest absolute Gasteiger partial charge is 0.209 e. The van der Waals surface area contributed by atoms with Crippen LogP contribution in [0.15, 0.2) is 0 Å². The highest BCUT2D eigenvalue weighted by atomic mass is 16.1. The molecule has 0 N–H and O–H groups in total. The van der Waals surface area contributed by atoms with Crippen LogP contribution in [0.5, 0.6) is 0 Å². The molecular weight excluding hydrogens is 368 g/mol. The van der Waals surface area contributed by atoms with Gasteiger partial charge in [-0.15, -0.1) is 0 Å². The van der Waals surface area contributed by atoms with Gasteiger partial charge in [0.25, 0.3) is 0 Å². The van der Waals surface area contributed by atoms with Crippen molar-refractivity contribution in [2.75, 3.05) is 0 Å². The Morgan fingerprint density at radius 1 is 0.533 bits per heavy atom. The summed E-state index contributed by atoms with van der Waals surface area (Å²) in [6.45, 7) is 4.52. The van der Waals surface area contributed by atoms with Gasteiger partial charge in [0.2, 0.25) is 6.29 Å². The standard InChI is InChI=1S/C28H53O2/c1-3-5-7-9-11-13-15-17-19-21-23-25-28(30)27(26-29)24-22-20-18-16-14-12-10-8-6-4-2/h27H,3-25H2,1-2H3. The third-order valence-corrected chi connectivity index (χ3v) is 6.40. The molecule has 0 saturated heterocycles. The first-order valence-corrected chi connectivity index (χ1v) is 13.7. The Balaban J connectivity index is 3.47. The van der Waals surface area contributed by atoms with E-state index in [1.165, 1.54) is 109 Å². The van der Waals surface area contributed by atoms with E-state index in [-0.39, 0.29) is 5.78 Å². The molecule has 1 atom stereocenters. The number of Topliss-reactive ketones (excluding diaryl/α,β-unsaturated/α-hetero) is 1. The van der Waals surface area contributed by atoms with Crippen molar-refractivity contribution >= 4 is 12.1 Å². The molecule has 0 aromatic heterocycles. The third kappa shape index (κ3) is 20.6. The highest BCUT2D eigenvalue weighted by molar-refractivity contribution is 5.93. The predicted molar refractivity (Wildman–Crippen MR) is 132 cm³/mol. The summed E-state index contributed by atoms with van der Waals surface area (Å²) in [6, 6.07) is 0. The fourth-order valence-corrected chi connectivity index (χ4v) is 4.26. The molecule has 0 heterocycles. The quantitative estimate of drug-likeness (QED) is 0.109. The third-order valence-electron chi connectivity index (χ3n) is 6.40. The van der Waals surface area contributed by atoms with Crippen LogP contribution < -0.4 is 0 Å². The molecule has 0 aliphatic carbocycles. The fraction of sp³-hybridized carbons (Fsp3) is 0.929. The number of ketones is 1. The highest BCUT2D eigenvalue weighted by Crippen LogP contribution is 2.17. The molecular formula is C28H53O2. The summed E-state index contributed by atoms with van der Waals surface area (Å²) < 4.78 is 0. The second-order valence-corrected chi connectivity index (χ2v) is 9.39. The van der Waals surface area contributed by atoms with Gasteiger partial charge in [0, 0.05) is 6.42 Å². The molecule has 1 radical (unpaired) electrons. The Bertz CT molecular complexity index is 364. The van der Waals surface area contributed by atoms with Crippen LogP contribution in [0.4, 0.5) is 0 Å². The predicted octanol–water partition coefficient (Wildman–Crippen LogP) is 9.29. The molecule has 1 unspecified atom stereocenters. The summed E-state index contributed by atoms with van der Waals surface area (Å²) in [6.07, 6.45) is 30.3. The van der Waals surface area contributed by atoms with Gasteiger partial charge in [-0.25, -0.2) is 0 Å². The maximum Gasteiger partial charge on any atom is 0.209 e. The van der Waals surface area contributed by atoms with Gasteiger partial charge in [-0.1, -0.05) is 142 Å². The van der Waals surface area contributed by atoms with Crippen molar-refractivity contribution in [3.63, 3.8) is 0 Å². The van der Waals surface area contributed by atoms with Crippen LogP contribution in [0.3, 0.4) is 0 Å². The Hall–Kier alpha value is -0.660. The molecule has 0 spiro atoms. The average molecular weight is 422 g/mol.